The van der Waals surface area contributed by atoms with E-state index < -0.39 is 0 Å². The Kier molecular flexibility index (Phi) is 2.13. The van der Waals surface area contributed by atoms with Crippen molar-refractivity contribution in [1.82, 2.24) is 0 Å². The van der Waals surface area contributed by atoms with Gasteiger partial charge in [-0.3, -0.25) is 0 Å². The summed E-state index contributed by atoms with van der Waals surface area (Å²) in [6.07, 6.45) is 4.42. The minimum atomic E-state index is 0.889. The molecule has 0 aromatic heterocycles. The van der Waals surface area contributed by atoms with Crippen molar-refractivity contribution < 1.29 is 4.74 Å². The van der Waals surface area contributed by atoms with Gasteiger partial charge in [-0.2, -0.15) is 0 Å². The second-order valence-electron chi connectivity index (χ2n) is 2.88. The summed E-state index contributed by atoms with van der Waals surface area (Å²) >= 11 is 0. The molecule has 2 rings (SSSR count). The van der Waals surface area contributed by atoms with Gasteiger partial charge in [-0.1, -0.05) is 25.1 Å². The third-order valence-corrected chi connectivity index (χ3v) is 2.00. The number of rotatable bonds is 1. The largest absolute Gasteiger partial charge is 0.450 e. The first-order valence-electron chi connectivity index (χ1n) is 4.39. The zero-order chi connectivity index (χ0) is 9.10. The van der Waals surface area contributed by atoms with Crippen molar-refractivity contribution in [3.63, 3.8) is 0 Å². The lowest BCUT2D eigenvalue weighted by Gasteiger charge is -1.99. The lowest BCUT2D eigenvalue weighted by Crippen LogP contribution is -1.84. The van der Waals surface area contributed by atoms with E-state index in [0.717, 1.165) is 23.4 Å². The molecule has 0 saturated carbocycles. The van der Waals surface area contributed by atoms with Crippen LogP contribution in [0, 0.1) is 0 Å². The van der Waals surface area contributed by atoms with Gasteiger partial charge in [-0.05, 0) is 12.1 Å². The molecule has 1 aliphatic heterocycles. The molecule has 13 heavy (non-hydrogen) atoms. The molecule has 2 nitrogen and oxygen atoms in total. The second-order valence-corrected chi connectivity index (χ2v) is 2.88. The Morgan fingerprint density at radius 3 is 3.00 bits per heavy atom. The number of nitrogens with zero attached hydrogens (tertiary/aromatic N) is 1. The number of ether oxygens (including phenoxy) is 1. The van der Waals surface area contributed by atoms with Crippen LogP contribution in [0.3, 0.4) is 0 Å². The maximum atomic E-state index is 5.30. The minimum Gasteiger partial charge on any atom is -0.450 e. The molecule has 1 heterocycles. The number of benzene rings is 1. The second kappa shape index (κ2) is 3.44. The van der Waals surface area contributed by atoms with Crippen molar-refractivity contribution in [2.24, 2.45) is 4.99 Å². The topological polar surface area (TPSA) is 21.6 Å². The summed E-state index contributed by atoms with van der Waals surface area (Å²) in [6, 6.07) is 7.99. The van der Waals surface area contributed by atoms with Gasteiger partial charge in [0.1, 0.15) is 5.76 Å². The van der Waals surface area contributed by atoms with Gasteiger partial charge in [0.05, 0.1) is 5.69 Å². The van der Waals surface area contributed by atoms with Crippen molar-refractivity contribution >= 4 is 18.2 Å². The number of aliphatic imine (C=N–C) groups is 1. The summed E-state index contributed by atoms with van der Waals surface area (Å²) in [7, 11) is 0. The predicted molar refractivity (Wildman–Crippen MR) is 53.9 cm³/mol. The number of allylic oxidation sites excluding steroid dienone is 1. The fourth-order valence-corrected chi connectivity index (χ4v) is 1.27. The molecule has 0 fully saturated rings. The first-order valence-corrected chi connectivity index (χ1v) is 4.39. The molecule has 66 valence electrons. The summed E-state index contributed by atoms with van der Waals surface area (Å²) in [4.78, 5) is 4.19. The van der Waals surface area contributed by atoms with Crippen molar-refractivity contribution in [2.45, 2.75) is 13.3 Å². The molecule has 0 saturated heterocycles. The van der Waals surface area contributed by atoms with Crippen LogP contribution in [0.2, 0.25) is 0 Å². The van der Waals surface area contributed by atoms with Gasteiger partial charge in [-0.25, -0.2) is 4.99 Å². The van der Waals surface area contributed by atoms with Crippen LogP contribution >= 0.6 is 0 Å². The molecule has 0 aliphatic carbocycles. The molecule has 2 heteroatoms. The van der Waals surface area contributed by atoms with Crippen LogP contribution < -0.4 is 0 Å². The van der Waals surface area contributed by atoms with E-state index in [1.54, 1.807) is 0 Å². The number of fused-ring (bicyclic) bond motifs is 1. The first kappa shape index (κ1) is 8.05. The lowest BCUT2D eigenvalue weighted by molar-refractivity contribution is 0.423. The summed E-state index contributed by atoms with van der Waals surface area (Å²) < 4.78 is 5.30. The fourth-order valence-electron chi connectivity index (χ4n) is 1.27. The molecule has 0 N–H and O–H groups in total. The zero-order valence-corrected chi connectivity index (χ0v) is 7.53. The minimum absolute atomic E-state index is 0.889. The highest BCUT2D eigenvalue weighted by molar-refractivity contribution is 5.72. The first-order chi connectivity index (χ1) is 6.40. The van der Waals surface area contributed by atoms with Gasteiger partial charge >= 0.3 is 0 Å². The van der Waals surface area contributed by atoms with Crippen LogP contribution in [0.4, 0.5) is 5.69 Å². The fraction of sp³-hybridized carbons (Fsp3) is 0.182. The van der Waals surface area contributed by atoms with Crippen molar-refractivity contribution in [3.05, 3.63) is 35.6 Å². The average molecular weight is 173 g/mol. The monoisotopic (exact) mass is 173 g/mol. The summed E-state index contributed by atoms with van der Waals surface area (Å²) in [5, 5.41) is 0. The molecule has 0 unspecified atom stereocenters. The van der Waals surface area contributed by atoms with Crippen molar-refractivity contribution in [2.75, 3.05) is 0 Å². The van der Waals surface area contributed by atoms with Crippen LogP contribution in [0.5, 0.6) is 0 Å². The highest BCUT2D eigenvalue weighted by Gasteiger charge is 2.03. The Balaban J connectivity index is 2.49. The average Bonchev–Trinajstić information content (AvgIpc) is 2.38. The van der Waals surface area contributed by atoms with Crippen LogP contribution in [0.25, 0.3) is 6.08 Å². The predicted octanol–water partition coefficient (Wildman–Crippen LogP) is 3.13. The highest BCUT2D eigenvalue weighted by atomic mass is 16.5. The molecule has 0 radical (unpaired) electrons. The molecule has 1 aromatic rings. The van der Waals surface area contributed by atoms with Crippen LogP contribution in [0.1, 0.15) is 18.9 Å². The van der Waals surface area contributed by atoms with E-state index >= 15 is 0 Å². The molecule has 0 atom stereocenters. The SMILES string of the molecule is CCC1=Cc2ccccc2N=CO1. The Morgan fingerprint density at radius 2 is 2.15 bits per heavy atom. The zero-order valence-electron chi connectivity index (χ0n) is 7.53. The van der Waals surface area contributed by atoms with Crippen molar-refractivity contribution in [1.29, 1.82) is 0 Å². The normalized spacial score (nSPS) is 14.1. The van der Waals surface area contributed by atoms with Gasteiger partial charge in [-0.15, -0.1) is 0 Å². The molecule has 0 amide bonds. The van der Waals surface area contributed by atoms with Crippen LogP contribution in [-0.4, -0.2) is 6.40 Å². The number of hydrogen-bond acceptors (Lipinski definition) is 2. The number of para-hydroxylation sites is 1. The molecular formula is C11H11NO. The maximum absolute atomic E-state index is 5.30. The van der Waals surface area contributed by atoms with Crippen molar-refractivity contribution in [3.8, 4) is 0 Å². The van der Waals surface area contributed by atoms with Crippen LogP contribution in [-0.2, 0) is 4.74 Å². The number of hydrogen-bond donors (Lipinski definition) is 0. The van der Waals surface area contributed by atoms with Gasteiger partial charge in [0.25, 0.3) is 0 Å². The van der Waals surface area contributed by atoms with Gasteiger partial charge < -0.3 is 4.74 Å². The van der Waals surface area contributed by atoms with E-state index in [9.17, 15) is 0 Å². The summed E-state index contributed by atoms with van der Waals surface area (Å²) in [5.74, 6) is 0.953. The molecule has 1 aliphatic rings. The van der Waals surface area contributed by atoms with E-state index in [4.69, 9.17) is 4.74 Å². The Bertz CT molecular complexity index is 366. The Hall–Kier alpha value is -1.57. The third kappa shape index (κ3) is 1.61. The molecular weight excluding hydrogens is 162 g/mol. The van der Waals surface area contributed by atoms with Gasteiger partial charge in [0.2, 0.25) is 0 Å². The molecule has 0 spiro atoms. The third-order valence-electron chi connectivity index (χ3n) is 2.00. The highest BCUT2D eigenvalue weighted by Crippen LogP contribution is 2.24. The Labute approximate surface area is 77.6 Å². The Morgan fingerprint density at radius 1 is 1.31 bits per heavy atom. The van der Waals surface area contributed by atoms with E-state index in [0.29, 0.717) is 0 Å². The quantitative estimate of drug-likeness (QED) is 0.639. The maximum Gasteiger partial charge on any atom is 0.181 e. The molecule has 1 aromatic carbocycles. The van der Waals surface area contributed by atoms with E-state index in [1.807, 2.05) is 30.3 Å². The standard InChI is InChI=1S/C11H11NO/c1-2-10-7-9-5-3-4-6-11(9)12-8-13-10/h3-8H,2H2,1H3. The lowest BCUT2D eigenvalue weighted by atomic mass is 10.1. The summed E-state index contributed by atoms with van der Waals surface area (Å²) in [5.41, 5.74) is 2.08. The van der Waals surface area contributed by atoms with Crippen LogP contribution in [0.15, 0.2) is 35.0 Å². The molecule has 0 bridgehead atoms. The van der Waals surface area contributed by atoms with E-state index in [2.05, 4.69) is 11.9 Å². The van der Waals surface area contributed by atoms with Gasteiger partial charge in [0, 0.05) is 12.0 Å². The van der Waals surface area contributed by atoms with Gasteiger partial charge in [0.15, 0.2) is 6.40 Å². The van der Waals surface area contributed by atoms with E-state index in [-0.39, 0.29) is 0 Å². The smallest absolute Gasteiger partial charge is 0.181 e. The summed E-state index contributed by atoms with van der Waals surface area (Å²) in [6.45, 7) is 2.06. The van der Waals surface area contributed by atoms with E-state index in [1.165, 1.54) is 6.40 Å².